The van der Waals surface area contributed by atoms with Gasteiger partial charge in [0.2, 0.25) is 5.12 Å². The summed E-state index contributed by atoms with van der Waals surface area (Å²) in [7, 11) is 0. The van der Waals surface area contributed by atoms with Gasteiger partial charge >= 0.3 is 0 Å². The van der Waals surface area contributed by atoms with Gasteiger partial charge in [0.25, 0.3) is 0 Å². The van der Waals surface area contributed by atoms with Crippen molar-refractivity contribution in [2.24, 2.45) is 4.99 Å². The van der Waals surface area contributed by atoms with Gasteiger partial charge in [-0.15, -0.1) is 0 Å². The smallest absolute Gasteiger partial charge is 0.244 e. The number of thioether (sulfide) groups is 2. The van der Waals surface area contributed by atoms with Crippen LogP contribution in [0.1, 0.15) is 12.5 Å². The SMILES string of the molecule is CCSC1=NC(=Cc2cccc(Oc3ccccc3)c2)C(=O)S1. The number of para-hydroxylation sites is 1. The fourth-order valence-electron chi connectivity index (χ4n) is 2.03. The van der Waals surface area contributed by atoms with Gasteiger partial charge in [-0.05, 0) is 53.4 Å². The molecule has 0 aromatic heterocycles. The molecule has 23 heavy (non-hydrogen) atoms. The third-order valence-corrected chi connectivity index (χ3v) is 4.90. The van der Waals surface area contributed by atoms with Crippen LogP contribution in [0.15, 0.2) is 65.3 Å². The molecule has 3 nitrogen and oxygen atoms in total. The van der Waals surface area contributed by atoms with Crippen molar-refractivity contribution in [1.29, 1.82) is 0 Å². The molecule has 0 bridgehead atoms. The molecule has 5 heteroatoms. The third kappa shape index (κ3) is 4.27. The number of rotatable bonds is 4. The van der Waals surface area contributed by atoms with E-state index in [-0.39, 0.29) is 5.12 Å². The molecule has 0 saturated carbocycles. The molecule has 2 aromatic rings. The molecule has 2 aromatic carbocycles. The summed E-state index contributed by atoms with van der Waals surface area (Å²) in [5.74, 6) is 2.42. The highest BCUT2D eigenvalue weighted by Crippen LogP contribution is 2.31. The van der Waals surface area contributed by atoms with Crippen LogP contribution in [0, 0.1) is 0 Å². The van der Waals surface area contributed by atoms with Crippen LogP contribution in [0.2, 0.25) is 0 Å². The van der Waals surface area contributed by atoms with Crippen molar-refractivity contribution in [3.63, 3.8) is 0 Å². The Morgan fingerprint density at radius 3 is 2.70 bits per heavy atom. The molecule has 0 spiro atoms. The number of carbonyl (C=O) groups excluding carboxylic acids is 1. The minimum Gasteiger partial charge on any atom is -0.457 e. The average molecular weight is 341 g/mol. The summed E-state index contributed by atoms with van der Waals surface area (Å²) in [6.07, 6.45) is 1.80. The summed E-state index contributed by atoms with van der Waals surface area (Å²) in [5, 5.41) is -0.00432. The van der Waals surface area contributed by atoms with Gasteiger partial charge in [-0.25, -0.2) is 4.99 Å². The van der Waals surface area contributed by atoms with Gasteiger partial charge in [0.15, 0.2) is 0 Å². The molecule has 0 amide bonds. The topological polar surface area (TPSA) is 38.7 Å². The van der Waals surface area contributed by atoms with Crippen LogP contribution in [-0.4, -0.2) is 15.2 Å². The number of hydrogen-bond donors (Lipinski definition) is 0. The predicted octanol–water partition coefficient (Wildman–Crippen LogP) is 5.20. The van der Waals surface area contributed by atoms with Crippen LogP contribution in [0.25, 0.3) is 6.08 Å². The molecular formula is C18H15NO2S2. The molecule has 0 unspecified atom stereocenters. The lowest BCUT2D eigenvalue weighted by molar-refractivity contribution is -0.107. The van der Waals surface area contributed by atoms with Gasteiger partial charge in [0, 0.05) is 0 Å². The lowest BCUT2D eigenvalue weighted by Gasteiger charge is -2.06. The van der Waals surface area contributed by atoms with Gasteiger partial charge in [0.05, 0.1) is 0 Å². The maximum Gasteiger partial charge on any atom is 0.244 e. The summed E-state index contributed by atoms with van der Waals surface area (Å²) < 4.78 is 6.63. The van der Waals surface area contributed by atoms with E-state index in [4.69, 9.17) is 4.74 Å². The Bertz CT molecular complexity index is 770. The van der Waals surface area contributed by atoms with Crippen LogP contribution >= 0.6 is 23.5 Å². The van der Waals surface area contributed by atoms with Crippen molar-refractivity contribution in [3.05, 3.63) is 65.9 Å². The maximum absolute atomic E-state index is 12.0. The van der Waals surface area contributed by atoms with Crippen LogP contribution < -0.4 is 4.74 Å². The second-order valence-electron chi connectivity index (χ2n) is 4.72. The molecule has 3 rings (SSSR count). The second-order valence-corrected chi connectivity index (χ2v) is 7.19. The van der Waals surface area contributed by atoms with Gasteiger partial charge < -0.3 is 4.74 Å². The van der Waals surface area contributed by atoms with E-state index >= 15 is 0 Å². The average Bonchev–Trinajstić information content (AvgIpc) is 2.89. The van der Waals surface area contributed by atoms with E-state index < -0.39 is 0 Å². The zero-order valence-electron chi connectivity index (χ0n) is 12.6. The van der Waals surface area contributed by atoms with Crippen molar-refractivity contribution < 1.29 is 9.53 Å². The minimum absolute atomic E-state index is 0.00432. The Morgan fingerprint density at radius 2 is 1.91 bits per heavy atom. The van der Waals surface area contributed by atoms with Gasteiger partial charge in [-0.3, -0.25) is 4.79 Å². The molecular weight excluding hydrogens is 326 g/mol. The number of carbonyl (C=O) groups is 1. The van der Waals surface area contributed by atoms with E-state index in [0.29, 0.717) is 5.70 Å². The van der Waals surface area contributed by atoms with E-state index in [1.165, 1.54) is 11.8 Å². The first-order chi connectivity index (χ1) is 11.2. The highest BCUT2D eigenvalue weighted by molar-refractivity contribution is 8.45. The largest absolute Gasteiger partial charge is 0.457 e. The van der Waals surface area contributed by atoms with Crippen LogP contribution in [0.3, 0.4) is 0 Å². The molecule has 116 valence electrons. The Balaban J connectivity index is 1.80. The number of ether oxygens (including phenoxy) is 1. The summed E-state index contributed by atoms with van der Waals surface area (Å²) in [6, 6.07) is 17.2. The number of hydrogen-bond acceptors (Lipinski definition) is 5. The Labute approximate surface area is 143 Å². The van der Waals surface area contributed by atoms with Crippen LogP contribution in [0.5, 0.6) is 11.5 Å². The molecule has 0 atom stereocenters. The molecule has 0 N–H and O–H groups in total. The monoisotopic (exact) mass is 341 g/mol. The Hall–Kier alpha value is -1.98. The van der Waals surface area contributed by atoms with Crippen molar-refractivity contribution in [1.82, 2.24) is 0 Å². The molecule has 0 radical (unpaired) electrons. The van der Waals surface area contributed by atoms with Crippen molar-refractivity contribution in [2.45, 2.75) is 6.92 Å². The first-order valence-electron chi connectivity index (χ1n) is 7.23. The number of nitrogens with zero attached hydrogens (tertiary/aromatic N) is 1. The van der Waals surface area contributed by atoms with Crippen LogP contribution in [0.4, 0.5) is 0 Å². The Morgan fingerprint density at radius 1 is 1.13 bits per heavy atom. The molecule has 0 aliphatic carbocycles. The lowest BCUT2D eigenvalue weighted by atomic mass is 10.2. The van der Waals surface area contributed by atoms with Gasteiger partial charge in [0.1, 0.15) is 21.6 Å². The highest BCUT2D eigenvalue weighted by atomic mass is 32.2. The summed E-state index contributed by atoms with van der Waals surface area (Å²) in [4.78, 5) is 16.4. The van der Waals surface area contributed by atoms with E-state index in [9.17, 15) is 4.79 Å². The summed E-state index contributed by atoms with van der Waals surface area (Å²) in [5.41, 5.74) is 1.39. The zero-order chi connectivity index (χ0) is 16.1. The number of aliphatic imine (C=N–C) groups is 1. The summed E-state index contributed by atoms with van der Waals surface area (Å²) in [6.45, 7) is 2.05. The van der Waals surface area contributed by atoms with Crippen LogP contribution in [-0.2, 0) is 4.79 Å². The minimum atomic E-state index is -0.00432. The fourth-order valence-corrected chi connectivity index (χ4v) is 3.76. The third-order valence-electron chi connectivity index (χ3n) is 3.01. The number of benzene rings is 2. The van der Waals surface area contributed by atoms with Gasteiger partial charge in [-0.1, -0.05) is 49.0 Å². The highest BCUT2D eigenvalue weighted by Gasteiger charge is 2.21. The molecule has 1 aliphatic rings. The van der Waals surface area contributed by atoms with Crippen molar-refractivity contribution >= 4 is 39.1 Å². The van der Waals surface area contributed by atoms with Gasteiger partial charge in [-0.2, -0.15) is 0 Å². The lowest BCUT2D eigenvalue weighted by Crippen LogP contribution is -1.89. The predicted molar refractivity (Wildman–Crippen MR) is 99.1 cm³/mol. The maximum atomic E-state index is 12.0. The molecule has 1 aliphatic heterocycles. The van der Waals surface area contributed by atoms with E-state index in [2.05, 4.69) is 4.99 Å². The van der Waals surface area contributed by atoms with E-state index in [1.807, 2.05) is 61.5 Å². The molecule has 0 saturated heterocycles. The quantitative estimate of drug-likeness (QED) is 0.716. The van der Waals surface area contributed by atoms with Crippen molar-refractivity contribution in [3.8, 4) is 11.5 Å². The van der Waals surface area contributed by atoms with E-state index in [1.54, 1.807) is 17.8 Å². The first kappa shape index (κ1) is 15.9. The normalized spacial score (nSPS) is 15.8. The fraction of sp³-hybridized carbons (Fsp3) is 0.111. The zero-order valence-corrected chi connectivity index (χ0v) is 14.2. The Kier molecular flexibility index (Phi) is 5.20. The van der Waals surface area contributed by atoms with E-state index in [0.717, 1.165) is 27.2 Å². The molecule has 1 heterocycles. The molecule has 0 fully saturated rings. The first-order valence-corrected chi connectivity index (χ1v) is 9.03. The standard InChI is InChI=1S/C18H15NO2S2/c1-2-22-18-19-16(17(20)23-18)12-13-7-6-10-15(11-13)21-14-8-4-3-5-9-14/h3-12H,2H2,1H3. The summed E-state index contributed by atoms with van der Waals surface area (Å²) >= 11 is 2.79. The second kappa shape index (κ2) is 7.53. The van der Waals surface area contributed by atoms with Crippen molar-refractivity contribution in [2.75, 3.05) is 5.75 Å².